The quantitative estimate of drug-likeness (QED) is 0.435. The molecule has 56 valence electrons. The molecule has 0 aliphatic rings. The van der Waals surface area contributed by atoms with Crippen molar-refractivity contribution in [1.82, 2.24) is 0 Å². The molecule has 3 nitrogen and oxygen atoms in total. The van der Waals surface area contributed by atoms with Crippen molar-refractivity contribution in [2.24, 2.45) is 0 Å². The topological polar surface area (TPSA) is 41.5 Å². The number of unbranched alkanes of at least 4 members (excludes halogenated alkanes) is 1. The molecule has 0 aromatic heterocycles. The van der Waals surface area contributed by atoms with E-state index in [0.29, 0.717) is 6.61 Å². The molecule has 9 heavy (non-hydrogen) atoms. The Balaban J connectivity index is 2.88. The van der Waals surface area contributed by atoms with E-state index < -0.39 is 8.60 Å². The Kier molecular flexibility index (Phi) is 6.65. The summed E-state index contributed by atoms with van der Waals surface area (Å²) in [6, 6.07) is 0. The minimum Gasteiger partial charge on any atom is -0.786 e. The Hall–Kier alpha value is 0.310. The van der Waals surface area contributed by atoms with Crippen molar-refractivity contribution in [3.63, 3.8) is 0 Å². The number of hydrogen-bond acceptors (Lipinski definition) is 3. The van der Waals surface area contributed by atoms with Crippen molar-refractivity contribution in [3.05, 3.63) is 0 Å². The van der Waals surface area contributed by atoms with Gasteiger partial charge in [-0.3, -0.25) is 0 Å². The van der Waals surface area contributed by atoms with Crippen LogP contribution in [0.5, 0.6) is 0 Å². The summed E-state index contributed by atoms with van der Waals surface area (Å²) >= 11 is 0. The van der Waals surface area contributed by atoms with E-state index in [9.17, 15) is 4.89 Å². The number of hydrogen-bond donors (Lipinski definition) is 0. The highest BCUT2D eigenvalue weighted by Gasteiger charge is 1.88. The molecule has 0 aliphatic heterocycles. The molecule has 0 fully saturated rings. The fourth-order valence-corrected chi connectivity index (χ4v) is 0.720. The monoisotopic (exact) mass is 151 g/mol. The zero-order valence-electron chi connectivity index (χ0n) is 5.79. The third kappa shape index (κ3) is 6.19. The molecular formula is C5H12O3P-. The zero-order valence-corrected chi connectivity index (χ0v) is 6.69. The van der Waals surface area contributed by atoms with Gasteiger partial charge in [-0.05, 0) is 6.42 Å². The lowest BCUT2D eigenvalue weighted by Gasteiger charge is -2.18. The van der Waals surface area contributed by atoms with Crippen LogP contribution in [0.3, 0.4) is 0 Å². The van der Waals surface area contributed by atoms with E-state index >= 15 is 0 Å². The van der Waals surface area contributed by atoms with Gasteiger partial charge in [-0.25, -0.2) is 0 Å². The molecule has 0 radical (unpaired) electrons. The van der Waals surface area contributed by atoms with E-state index in [1.54, 1.807) is 0 Å². The van der Waals surface area contributed by atoms with Crippen molar-refractivity contribution in [2.45, 2.75) is 19.8 Å². The van der Waals surface area contributed by atoms with Crippen molar-refractivity contribution in [1.29, 1.82) is 0 Å². The molecule has 0 amide bonds. The second-order valence-corrected chi connectivity index (χ2v) is 2.66. The van der Waals surface area contributed by atoms with Gasteiger partial charge >= 0.3 is 0 Å². The summed E-state index contributed by atoms with van der Waals surface area (Å²) < 4.78 is 9.10. The predicted molar refractivity (Wildman–Crippen MR) is 34.8 cm³/mol. The van der Waals surface area contributed by atoms with Gasteiger partial charge in [-0.15, -0.1) is 0 Å². The summed E-state index contributed by atoms with van der Waals surface area (Å²) in [6.45, 7) is 2.57. The maximum Gasteiger partial charge on any atom is 0.0824 e. The van der Waals surface area contributed by atoms with Gasteiger partial charge in [0.15, 0.2) is 0 Å². The Labute approximate surface area is 57.0 Å². The highest BCUT2D eigenvalue weighted by molar-refractivity contribution is 7.38. The van der Waals surface area contributed by atoms with E-state index in [1.165, 1.54) is 7.11 Å². The van der Waals surface area contributed by atoms with Crippen LogP contribution in [0.1, 0.15) is 19.8 Å². The second-order valence-electron chi connectivity index (χ2n) is 1.59. The van der Waals surface area contributed by atoms with Gasteiger partial charge in [-0.2, -0.15) is 0 Å². The molecule has 0 rings (SSSR count). The van der Waals surface area contributed by atoms with Crippen LogP contribution in [0.2, 0.25) is 0 Å². The molecule has 0 spiro atoms. The molecule has 1 unspecified atom stereocenters. The second kappa shape index (κ2) is 6.43. The maximum atomic E-state index is 10.4. The maximum absolute atomic E-state index is 10.4. The minimum absolute atomic E-state index is 0.527. The van der Waals surface area contributed by atoms with Crippen LogP contribution in [-0.2, 0) is 9.05 Å². The highest BCUT2D eigenvalue weighted by atomic mass is 31.2. The highest BCUT2D eigenvalue weighted by Crippen LogP contribution is 2.25. The van der Waals surface area contributed by atoms with E-state index in [2.05, 4.69) is 4.52 Å². The van der Waals surface area contributed by atoms with E-state index in [1.807, 2.05) is 6.92 Å². The molecule has 0 saturated carbocycles. The minimum atomic E-state index is -1.84. The average Bonchev–Trinajstić information content (AvgIpc) is 1.89. The lowest BCUT2D eigenvalue weighted by Crippen LogP contribution is -2.01. The van der Waals surface area contributed by atoms with Crippen LogP contribution >= 0.6 is 8.60 Å². The van der Waals surface area contributed by atoms with E-state index in [-0.39, 0.29) is 0 Å². The summed E-state index contributed by atoms with van der Waals surface area (Å²) in [5.74, 6) is 0. The molecule has 0 aliphatic carbocycles. The lowest BCUT2D eigenvalue weighted by atomic mass is 10.4. The third-order valence-corrected chi connectivity index (χ3v) is 1.54. The van der Waals surface area contributed by atoms with Gasteiger partial charge in [0, 0.05) is 7.11 Å². The lowest BCUT2D eigenvalue weighted by molar-refractivity contribution is -0.202. The molecule has 0 bridgehead atoms. The molecule has 0 aromatic carbocycles. The first-order chi connectivity index (χ1) is 4.31. The Morgan fingerprint density at radius 1 is 1.56 bits per heavy atom. The van der Waals surface area contributed by atoms with Gasteiger partial charge in [0.2, 0.25) is 0 Å². The van der Waals surface area contributed by atoms with Crippen LogP contribution in [0.4, 0.5) is 0 Å². The summed E-state index contributed by atoms with van der Waals surface area (Å²) in [6.07, 6.45) is 1.98. The zero-order chi connectivity index (χ0) is 7.11. The van der Waals surface area contributed by atoms with Crippen LogP contribution < -0.4 is 4.89 Å². The van der Waals surface area contributed by atoms with E-state index in [0.717, 1.165) is 12.8 Å². The normalized spacial score (nSPS) is 13.7. The van der Waals surface area contributed by atoms with Gasteiger partial charge in [-0.1, -0.05) is 13.3 Å². The average molecular weight is 151 g/mol. The molecule has 1 atom stereocenters. The summed E-state index contributed by atoms with van der Waals surface area (Å²) in [4.78, 5) is 10.4. The Bertz CT molecular complexity index is 60.2. The Morgan fingerprint density at radius 2 is 2.22 bits per heavy atom. The van der Waals surface area contributed by atoms with Gasteiger partial charge in [0.05, 0.1) is 15.2 Å². The fourth-order valence-electron chi connectivity index (χ4n) is 0.336. The largest absolute Gasteiger partial charge is 0.786 e. The molecule has 0 heterocycles. The molecule has 0 saturated heterocycles. The molecular weight excluding hydrogens is 139 g/mol. The standard InChI is InChI=1S/C5H12O3P/c1-3-4-5-8-9(6)7-2/h3-5H2,1-2H3/q-1. The predicted octanol–water partition coefficient (Wildman–Crippen LogP) is 1.04. The van der Waals surface area contributed by atoms with Crippen molar-refractivity contribution < 1.29 is 13.9 Å². The van der Waals surface area contributed by atoms with Crippen LogP contribution in [-0.4, -0.2) is 13.7 Å². The fraction of sp³-hybridized carbons (Fsp3) is 1.00. The first kappa shape index (κ1) is 9.31. The summed E-state index contributed by atoms with van der Waals surface area (Å²) in [5.41, 5.74) is 0. The van der Waals surface area contributed by atoms with Gasteiger partial charge in [0.25, 0.3) is 0 Å². The van der Waals surface area contributed by atoms with Gasteiger partial charge < -0.3 is 13.9 Å². The van der Waals surface area contributed by atoms with Crippen LogP contribution in [0.25, 0.3) is 0 Å². The van der Waals surface area contributed by atoms with Gasteiger partial charge in [0.1, 0.15) is 0 Å². The van der Waals surface area contributed by atoms with E-state index in [4.69, 9.17) is 4.52 Å². The first-order valence-corrected chi connectivity index (χ1v) is 4.05. The van der Waals surface area contributed by atoms with Crippen molar-refractivity contribution >= 4 is 8.60 Å². The molecule has 0 N–H and O–H groups in total. The molecule has 4 heteroatoms. The van der Waals surface area contributed by atoms with Crippen molar-refractivity contribution in [3.8, 4) is 0 Å². The van der Waals surface area contributed by atoms with Crippen molar-refractivity contribution in [2.75, 3.05) is 13.7 Å². The van der Waals surface area contributed by atoms with Crippen LogP contribution in [0.15, 0.2) is 0 Å². The SMILES string of the molecule is CCCCOP([O-])OC. The number of rotatable bonds is 5. The summed E-state index contributed by atoms with van der Waals surface area (Å²) in [7, 11) is -0.474. The Morgan fingerprint density at radius 3 is 2.67 bits per heavy atom. The summed E-state index contributed by atoms with van der Waals surface area (Å²) in [5, 5.41) is 0. The molecule has 0 aromatic rings. The first-order valence-electron chi connectivity index (χ1n) is 2.95. The smallest absolute Gasteiger partial charge is 0.0824 e. The van der Waals surface area contributed by atoms with Crippen LogP contribution in [0, 0.1) is 0 Å². The third-order valence-electron chi connectivity index (χ3n) is 0.844.